The lowest BCUT2D eigenvalue weighted by atomic mass is 10.3. The Kier molecular flexibility index (Phi) is 6.18. The molecule has 0 saturated carbocycles. The van der Waals surface area contributed by atoms with Gasteiger partial charge in [0.05, 0.1) is 31.6 Å². The molecule has 1 aromatic rings. The molecule has 0 saturated heterocycles. The Morgan fingerprint density at radius 1 is 1.47 bits per heavy atom. The predicted molar refractivity (Wildman–Crippen MR) is 65.5 cm³/mol. The van der Waals surface area contributed by atoms with Crippen LogP contribution in [0.4, 0.5) is 0 Å². The van der Waals surface area contributed by atoms with Crippen LogP contribution in [0.5, 0.6) is 0 Å². The molecular weight excluding hydrogens is 218 g/mol. The van der Waals surface area contributed by atoms with Crippen molar-refractivity contribution in [1.29, 1.82) is 0 Å². The van der Waals surface area contributed by atoms with Crippen LogP contribution in [0.2, 0.25) is 0 Å². The third-order valence-electron chi connectivity index (χ3n) is 2.49. The summed E-state index contributed by atoms with van der Waals surface area (Å²) in [6.45, 7) is 7.09. The Labute approximate surface area is 103 Å². The molecular formula is C12H24N3O2+. The van der Waals surface area contributed by atoms with E-state index in [-0.39, 0.29) is 6.61 Å². The lowest BCUT2D eigenvalue weighted by Gasteiger charge is -2.04. The van der Waals surface area contributed by atoms with Gasteiger partial charge in [-0.1, -0.05) is 13.8 Å². The average molecular weight is 242 g/mol. The monoisotopic (exact) mass is 242 g/mol. The molecule has 0 aromatic carbocycles. The second-order valence-electron chi connectivity index (χ2n) is 4.44. The number of hydrogen-bond donors (Lipinski definition) is 2. The zero-order valence-corrected chi connectivity index (χ0v) is 11.0. The first-order valence-electron chi connectivity index (χ1n) is 6.10. The standard InChI is InChI=1S/C12H24N3O2/c1-11(2)13-8-12-9-14(3)15(10-12)4-6-17-7-5-16/h9-11,13,16H,4-8H2,1-3H3/q+1. The van der Waals surface area contributed by atoms with Crippen LogP contribution in [0, 0.1) is 0 Å². The van der Waals surface area contributed by atoms with E-state index in [4.69, 9.17) is 9.84 Å². The number of rotatable bonds is 8. The second kappa shape index (κ2) is 7.42. The molecule has 1 aromatic heterocycles. The summed E-state index contributed by atoms with van der Waals surface area (Å²) in [5.74, 6) is 0. The molecule has 17 heavy (non-hydrogen) atoms. The Balaban J connectivity index is 2.39. The quantitative estimate of drug-likeness (QED) is 0.491. The molecule has 2 N–H and O–H groups in total. The van der Waals surface area contributed by atoms with Crippen molar-refractivity contribution in [2.75, 3.05) is 19.8 Å². The van der Waals surface area contributed by atoms with Crippen LogP contribution in [-0.2, 0) is 24.9 Å². The van der Waals surface area contributed by atoms with Gasteiger partial charge in [0.2, 0.25) is 0 Å². The van der Waals surface area contributed by atoms with Gasteiger partial charge in [-0.15, -0.1) is 4.68 Å². The van der Waals surface area contributed by atoms with Gasteiger partial charge in [0.1, 0.15) is 6.54 Å². The lowest BCUT2D eigenvalue weighted by Crippen LogP contribution is -2.38. The first kappa shape index (κ1) is 14.2. The van der Waals surface area contributed by atoms with Crippen LogP contribution in [0.3, 0.4) is 0 Å². The minimum Gasteiger partial charge on any atom is -0.394 e. The molecule has 0 aliphatic heterocycles. The molecule has 0 unspecified atom stereocenters. The number of nitrogens with one attached hydrogen (secondary N) is 1. The van der Waals surface area contributed by atoms with Crippen molar-refractivity contribution in [1.82, 2.24) is 10.00 Å². The minimum atomic E-state index is 0.0847. The van der Waals surface area contributed by atoms with Gasteiger partial charge in [0.25, 0.3) is 0 Å². The van der Waals surface area contributed by atoms with E-state index in [0.29, 0.717) is 19.3 Å². The minimum absolute atomic E-state index is 0.0847. The number of aliphatic hydroxyl groups excluding tert-OH is 1. The lowest BCUT2D eigenvalue weighted by molar-refractivity contribution is -0.753. The summed E-state index contributed by atoms with van der Waals surface area (Å²) in [6, 6.07) is 0.497. The zero-order chi connectivity index (χ0) is 12.7. The highest BCUT2D eigenvalue weighted by molar-refractivity contribution is 4.99. The van der Waals surface area contributed by atoms with Gasteiger partial charge in [-0.05, 0) is 0 Å². The van der Waals surface area contributed by atoms with E-state index >= 15 is 0 Å². The Hall–Kier alpha value is -0.910. The predicted octanol–water partition coefficient (Wildman–Crippen LogP) is -0.180. The van der Waals surface area contributed by atoms with Crippen molar-refractivity contribution in [3.8, 4) is 0 Å². The van der Waals surface area contributed by atoms with E-state index in [1.165, 1.54) is 5.56 Å². The fourth-order valence-electron chi connectivity index (χ4n) is 1.59. The molecule has 0 aliphatic carbocycles. The molecule has 1 rings (SSSR count). The topological polar surface area (TPSA) is 50.3 Å². The van der Waals surface area contributed by atoms with Crippen molar-refractivity contribution < 1.29 is 14.5 Å². The molecule has 0 fully saturated rings. The summed E-state index contributed by atoms with van der Waals surface area (Å²) < 4.78 is 9.41. The maximum atomic E-state index is 8.60. The molecule has 0 aliphatic rings. The number of aliphatic hydroxyl groups is 1. The zero-order valence-electron chi connectivity index (χ0n) is 11.0. The Morgan fingerprint density at radius 3 is 2.88 bits per heavy atom. The summed E-state index contributed by atoms with van der Waals surface area (Å²) in [5.41, 5.74) is 1.27. The average Bonchev–Trinajstić information content (AvgIpc) is 2.63. The van der Waals surface area contributed by atoms with E-state index in [2.05, 4.69) is 40.9 Å². The molecule has 98 valence electrons. The van der Waals surface area contributed by atoms with Crippen molar-refractivity contribution in [3.63, 3.8) is 0 Å². The van der Waals surface area contributed by atoms with Crippen LogP contribution in [0.15, 0.2) is 12.4 Å². The summed E-state index contributed by atoms with van der Waals surface area (Å²) in [7, 11) is 2.02. The number of nitrogens with zero attached hydrogens (tertiary/aromatic N) is 2. The Morgan fingerprint density at radius 2 is 2.24 bits per heavy atom. The van der Waals surface area contributed by atoms with Gasteiger partial charge in [0.15, 0.2) is 13.2 Å². The van der Waals surface area contributed by atoms with Gasteiger partial charge in [0, 0.05) is 12.6 Å². The van der Waals surface area contributed by atoms with Crippen molar-refractivity contribution in [3.05, 3.63) is 18.0 Å². The van der Waals surface area contributed by atoms with Gasteiger partial charge < -0.3 is 15.2 Å². The fraction of sp³-hybridized carbons (Fsp3) is 0.750. The number of ether oxygens (including phenoxy) is 1. The van der Waals surface area contributed by atoms with Crippen LogP contribution in [-0.4, -0.2) is 35.7 Å². The molecule has 0 spiro atoms. The maximum Gasteiger partial charge on any atom is 0.199 e. The van der Waals surface area contributed by atoms with Crippen LogP contribution in [0.25, 0.3) is 0 Å². The van der Waals surface area contributed by atoms with Gasteiger partial charge in [-0.2, -0.15) is 4.68 Å². The maximum absolute atomic E-state index is 8.60. The van der Waals surface area contributed by atoms with Gasteiger partial charge in [-0.25, -0.2) is 0 Å². The molecule has 1 heterocycles. The molecule has 0 bridgehead atoms. The SMILES string of the molecule is CC(C)NCc1cn(CCOCCO)[n+](C)c1. The van der Waals surface area contributed by atoms with Crippen LogP contribution < -0.4 is 10.00 Å². The van der Waals surface area contributed by atoms with Crippen LogP contribution in [0.1, 0.15) is 19.4 Å². The highest BCUT2D eigenvalue weighted by Gasteiger charge is 2.08. The first-order valence-corrected chi connectivity index (χ1v) is 6.10. The summed E-state index contributed by atoms with van der Waals surface area (Å²) in [4.78, 5) is 0. The van der Waals surface area contributed by atoms with Gasteiger partial charge >= 0.3 is 0 Å². The van der Waals surface area contributed by atoms with E-state index in [1.54, 1.807) is 0 Å². The molecule has 0 atom stereocenters. The van der Waals surface area contributed by atoms with E-state index in [1.807, 2.05) is 7.05 Å². The third kappa shape index (κ3) is 5.30. The number of aromatic nitrogens is 2. The van der Waals surface area contributed by atoms with Crippen molar-refractivity contribution in [2.24, 2.45) is 7.05 Å². The summed E-state index contributed by atoms with van der Waals surface area (Å²) in [6.07, 6.45) is 4.24. The normalized spacial score (nSPS) is 11.4. The van der Waals surface area contributed by atoms with Gasteiger partial charge in [-0.3, -0.25) is 0 Å². The molecule has 5 nitrogen and oxygen atoms in total. The largest absolute Gasteiger partial charge is 0.394 e. The summed E-state index contributed by atoms with van der Waals surface area (Å²) in [5, 5.41) is 12.0. The first-order chi connectivity index (χ1) is 8.13. The molecule has 5 heteroatoms. The van der Waals surface area contributed by atoms with E-state index in [0.717, 1.165) is 13.1 Å². The summed E-state index contributed by atoms with van der Waals surface area (Å²) >= 11 is 0. The number of aryl methyl sites for hydroxylation is 1. The highest BCUT2D eigenvalue weighted by Crippen LogP contribution is 1.96. The smallest absolute Gasteiger partial charge is 0.199 e. The van der Waals surface area contributed by atoms with Crippen molar-refractivity contribution >= 4 is 0 Å². The van der Waals surface area contributed by atoms with Crippen LogP contribution >= 0.6 is 0 Å². The Bertz CT molecular complexity index is 324. The molecule has 0 radical (unpaired) electrons. The fourth-order valence-corrected chi connectivity index (χ4v) is 1.59. The highest BCUT2D eigenvalue weighted by atomic mass is 16.5. The second-order valence-corrected chi connectivity index (χ2v) is 4.44. The number of hydrogen-bond acceptors (Lipinski definition) is 3. The molecule has 0 amide bonds. The van der Waals surface area contributed by atoms with E-state index in [9.17, 15) is 0 Å². The van der Waals surface area contributed by atoms with E-state index < -0.39 is 0 Å². The van der Waals surface area contributed by atoms with Crippen molar-refractivity contribution in [2.45, 2.75) is 33.0 Å². The third-order valence-corrected chi connectivity index (χ3v) is 2.49.